The second-order valence-electron chi connectivity index (χ2n) is 10.6. The molecule has 0 spiro atoms. The van der Waals surface area contributed by atoms with Gasteiger partial charge in [0, 0.05) is 11.1 Å². The monoisotopic (exact) mass is 510 g/mol. The van der Waals surface area contributed by atoms with Gasteiger partial charge in [0.2, 0.25) is 0 Å². The molecule has 4 rings (SSSR count). The third kappa shape index (κ3) is 6.27. The topological polar surface area (TPSA) is 0 Å². The van der Waals surface area contributed by atoms with E-state index in [1.807, 2.05) is 0 Å². The minimum atomic E-state index is -0.889. The van der Waals surface area contributed by atoms with E-state index in [4.69, 9.17) is 0 Å². The lowest BCUT2D eigenvalue weighted by Crippen LogP contribution is -2.15. The van der Waals surface area contributed by atoms with Crippen molar-refractivity contribution in [1.82, 2.24) is 0 Å². The first-order chi connectivity index (χ1) is 17.9. The molecule has 1 fully saturated rings. The average molecular weight is 511 g/mol. The number of rotatable bonds is 10. The van der Waals surface area contributed by atoms with Gasteiger partial charge in [0.05, 0.1) is 0 Å². The lowest BCUT2D eigenvalue weighted by Gasteiger charge is -2.29. The van der Waals surface area contributed by atoms with Gasteiger partial charge in [-0.1, -0.05) is 101 Å². The van der Waals surface area contributed by atoms with Gasteiger partial charge >= 0.3 is 0 Å². The van der Waals surface area contributed by atoms with Crippen LogP contribution in [-0.4, -0.2) is 0 Å². The number of unbranched alkanes of at least 4 members (excludes halogenated alkanes) is 4. The van der Waals surface area contributed by atoms with Crippen LogP contribution < -0.4 is 0 Å². The maximum Gasteiger partial charge on any atom is 0.166 e. The summed E-state index contributed by atoms with van der Waals surface area (Å²) in [4.78, 5) is 0. The van der Waals surface area contributed by atoms with E-state index in [2.05, 4.69) is 6.92 Å². The van der Waals surface area contributed by atoms with Crippen molar-refractivity contribution in [3.05, 3.63) is 82.9 Å². The minimum absolute atomic E-state index is 0.0613. The quantitative estimate of drug-likeness (QED) is 0.188. The zero-order chi connectivity index (χ0) is 26.4. The summed E-state index contributed by atoms with van der Waals surface area (Å²) in [5.74, 6) is -2.55. The van der Waals surface area contributed by atoms with Crippen LogP contribution in [0, 0.1) is 29.2 Å². The van der Waals surface area contributed by atoms with Crippen LogP contribution in [0.5, 0.6) is 0 Å². The van der Waals surface area contributed by atoms with Crippen LogP contribution in [0.3, 0.4) is 0 Å². The Hall–Kier alpha value is -2.62. The third-order valence-corrected chi connectivity index (χ3v) is 8.16. The third-order valence-electron chi connectivity index (χ3n) is 8.16. The molecule has 0 aliphatic heterocycles. The Morgan fingerprint density at radius 2 is 1.16 bits per heavy atom. The van der Waals surface area contributed by atoms with Crippen molar-refractivity contribution in [2.45, 2.75) is 90.4 Å². The summed E-state index contributed by atoms with van der Waals surface area (Å²) >= 11 is 0. The van der Waals surface area contributed by atoms with Gasteiger partial charge in [-0.15, -0.1) is 0 Å². The van der Waals surface area contributed by atoms with Gasteiger partial charge < -0.3 is 0 Å². The number of aryl methyl sites for hydroxylation is 1. The fourth-order valence-electron chi connectivity index (χ4n) is 5.82. The Kier molecular flexibility index (Phi) is 9.45. The molecule has 37 heavy (non-hydrogen) atoms. The first-order valence-electron chi connectivity index (χ1n) is 14.0. The van der Waals surface area contributed by atoms with Gasteiger partial charge in [-0.05, 0) is 66.2 Å². The molecule has 3 aromatic carbocycles. The maximum absolute atomic E-state index is 15.2. The van der Waals surface area contributed by atoms with Crippen molar-refractivity contribution in [3.8, 4) is 22.3 Å². The van der Waals surface area contributed by atoms with E-state index >= 15 is 8.78 Å². The van der Waals surface area contributed by atoms with Crippen molar-refractivity contribution in [1.29, 1.82) is 0 Å². The lowest BCUT2D eigenvalue weighted by molar-refractivity contribution is 0.297. The molecule has 0 radical (unpaired) electrons. The molecule has 0 N–H and O–H groups in total. The predicted molar refractivity (Wildman–Crippen MR) is 145 cm³/mol. The van der Waals surface area contributed by atoms with Gasteiger partial charge in [-0.2, -0.15) is 0 Å². The molecule has 198 valence electrons. The number of benzene rings is 3. The SMILES string of the molecule is CCCCCCCC1CCC(c2ccc(-c3ccc(-c4ccc(CC)c(F)c4F)cc3)c(F)c2F)CC1. The van der Waals surface area contributed by atoms with E-state index in [0.29, 0.717) is 34.6 Å². The second-order valence-corrected chi connectivity index (χ2v) is 10.6. The fraction of sp³-hybridized carbons (Fsp3) is 0.455. The van der Waals surface area contributed by atoms with Gasteiger partial charge in [0.15, 0.2) is 23.3 Å². The summed E-state index contributed by atoms with van der Waals surface area (Å²) in [6.45, 7) is 4.00. The highest BCUT2D eigenvalue weighted by molar-refractivity contribution is 5.71. The highest BCUT2D eigenvalue weighted by atomic mass is 19.2. The second kappa shape index (κ2) is 12.8. The molecule has 1 aliphatic rings. The molecule has 0 nitrogen and oxygen atoms in total. The molecule has 0 bridgehead atoms. The number of hydrogen-bond donors (Lipinski definition) is 0. The van der Waals surface area contributed by atoms with Crippen LogP contribution >= 0.6 is 0 Å². The van der Waals surface area contributed by atoms with Crippen molar-refractivity contribution in [2.75, 3.05) is 0 Å². The zero-order valence-corrected chi connectivity index (χ0v) is 22.1. The Bertz CT molecular complexity index is 1170. The molecule has 0 aromatic heterocycles. The van der Waals surface area contributed by atoms with Gasteiger partial charge in [-0.25, -0.2) is 17.6 Å². The van der Waals surface area contributed by atoms with E-state index < -0.39 is 23.3 Å². The van der Waals surface area contributed by atoms with Gasteiger partial charge in [0.1, 0.15) is 0 Å². The standard InChI is InChI=1S/C33H38F4/c1-3-5-6-7-8-9-22-10-12-24(13-11-22)28-20-21-29(33(37)32(28)36)26-16-14-25(15-17-26)27-19-18-23(4-2)30(34)31(27)35/h14-22,24H,3-13H2,1-2H3. The molecule has 3 aromatic rings. The Labute approximate surface area is 219 Å². The summed E-state index contributed by atoms with van der Waals surface area (Å²) in [5, 5.41) is 0. The predicted octanol–water partition coefficient (Wildman–Crippen LogP) is 10.8. The molecule has 1 saturated carbocycles. The average Bonchev–Trinajstić information content (AvgIpc) is 2.92. The summed E-state index contributed by atoms with van der Waals surface area (Å²) in [6.07, 6.45) is 12.1. The largest absolute Gasteiger partial charge is 0.203 e. The van der Waals surface area contributed by atoms with E-state index in [1.54, 1.807) is 55.5 Å². The lowest BCUT2D eigenvalue weighted by atomic mass is 9.76. The van der Waals surface area contributed by atoms with Crippen LogP contribution in [0.25, 0.3) is 22.3 Å². The molecule has 0 saturated heterocycles. The summed E-state index contributed by atoms with van der Waals surface area (Å²) in [7, 11) is 0. The molecule has 1 aliphatic carbocycles. The molecule has 0 atom stereocenters. The van der Waals surface area contributed by atoms with Crippen LogP contribution in [-0.2, 0) is 6.42 Å². The van der Waals surface area contributed by atoms with E-state index in [0.717, 1.165) is 25.7 Å². The highest BCUT2D eigenvalue weighted by Crippen LogP contribution is 2.40. The zero-order valence-electron chi connectivity index (χ0n) is 22.1. The van der Waals surface area contributed by atoms with E-state index in [9.17, 15) is 8.78 Å². The van der Waals surface area contributed by atoms with Crippen molar-refractivity contribution < 1.29 is 17.6 Å². The summed E-state index contributed by atoms with van der Waals surface area (Å²) in [6, 6.07) is 13.0. The molecular weight excluding hydrogens is 472 g/mol. The van der Waals surface area contributed by atoms with Crippen molar-refractivity contribution in [2.24, 2.45) is 5.92 Å². The van der Waals surface area contributed by atoms with Gasteiger partial charge in [-0.3, -0.25) is 0 Å². The molecule has 0 amide bonds. The van der Waals surface area contributed by atoms with Crippen molar-refractivity contribution >= 4 is 0 Å². The van der Waals surface area contributed by atoms with E-state index in [1.165, 1.54) is 38.5 Å². The molecular formula is C33H38F4. The Balaban J connectivity index is 1.43. The molecule has 0 unspecified atom stereocenters. The molecule has 4 heteroatoms. The minimum Gasteiger partial charge on any atom is -0.203 e. The fourth-order valence-corrected chi connectivity index (χ4v) is 5.82. The Morgan fingerprint density at radius 3 is 1.76 bits per heavy atom. The number of halogens is 4. The normalized spacial score (nSPS) is 17.8. The smallest absolute Gasteiger partial charge is 0.166 e. The van der Waals surface area contributed by atoms with Crippen LogP contribution in [0.4, 0.5) is 17.6 Å². The van der Waals surface area contributed by atoms with E-state index in [-0.39, 0.29) is 17.0 Å². The van der Waals surface area contributed by atoms with Crippen LogP contribution in [0.15, 0.2) is 48.5 Å². The van der Waals surface area contributed by atoms with Crippen LogP contribution in [0.2, 0.25) is 0 Å². The highest BCUT2D eigenvalue weighted by Gasteiger charge is 2.26. The first kappa shape index (κ1) is 27.4. The summed E-state index contributed by atoms with van der Waals surface area (Å²) < 4.78 is 59.2. The van der Waals surface area contributed by atoms with Gasteiger partial charge in [0.25, 0.3) is 0 Å². The number of hydrogen-bond acceptors (Lipinski definition) is 0. The van der Waals surface area contributed by atoms with Crippen LogP contribution in [0.1, 0.15) is 95.1 Å². The molecule has 0 heterocycles. The first-order valence-corrected chi connectivity index (χ1v) is 14.0. The van der Waals surface area contributed by atoms with Crippen molar-refractivity contribution in [3.63, 3.8) is 0 Å². The maximum atomic E-state index is 15.2. The summed E-state index contributed by atoms with van der Waals surface area (Å²) in [5.41, 5.74) is 2.13. The Morgan fingerprint density at radius 1 is 0.595 bits per heavy atom.